The van der Waals surface area contributed by atoms with Crippen LogP contribution in [0.3, 0.4) is 0 Å². The van der Waals surface area contributed by atoms with Crippen LogP contribution in [0.15, 0.2) is 59.6 Å². The summed E-state index contributed by atoms with van der Waals surface area (Å²) in [6, 6.07) is 17.2. The SMILES string of the molecule is C1=Cc2ccc3c4c(ccc3c2=C1)-c1ccccc1N=4. The molecule has 20 heavy (non-hydrogen) atoms. The number of benzene rings is 3. The molecule has 0 aromatic heterocycles. The van der Waals surface area contributed by atoms with Crippen molar-refractivity contribution in [2.24, 2.45) is 4.99 Å². The van der Waals surface area contributed by atoms with E-state index in [1.54, 1.807) is 0 Å². The Hall–Kier alpha value is -2.67. The molecule has 1 aliphatic heterocycles. The van der Waals surface area contributed by atoms with Crippen LogP contribution in [0, 0.1) is 0 Å². The van der Waals surface area contributed by atoms with Crippen molar-refractivity contribution < 1.29 is 0 Å². The highest BCUT2D eigenvalue weighted by Gasteiger charge is 2.15. The maximum Gasteiger partial charge on any atom is 0.0794 e. The van der Waals surface area contributed by atoms with Gasteiger partial charge in [0.1, 0.15) is 0 Å². The Morgan fingerprint density at radius 2 is 1.65 bits per heavy atom. The van der Waals surface area contributed by atoms with Crippen LogP contribution in [-0.4, -0.2) is 0 Å². The minimum atomic E-state index is 1.08. The standard InChI is InChI=1S/C19H11N/c1-2-7-18-15(5-1)17-11-10-14-13-6-3-4-12(13)8-9-16(14)19(17)20-18/h1-11H. The molecule has 1 heterocycles. The van der Waals surface area contributed by atoms with E-state index in [0.717, 1.165) is 11.0 Å². The highest BCUT2D eigenvalue weighted by molar-refractivity contribution is 5.94. The van der Waals surface area contributed by atoms with Gasteiger partial charge in [-0.2, -0.15) is 0 Å². The van der Waals surface area contributed by atoms with Crippen molar-refractivity contribution in [1.29, 1.82) is 0 Å². The monoisotopic (exact) mass is 253 g/mol. The average Bonchev–Trinajstić information content (AvgIpc) is 3.11. The van der Waals surface area contributed by atoms with E-state index in [1.807, 2.05) is 6.07 Å². The summed E-state index contributed by atoms with van der Waals surface area (Å²) >= 11 is 0. The van der Waals surface area contributed by atoms with Gasteiger partial charge in [0.05, 0.1) is 11.0 Å². The summed E-state index contributed by atoms with van der Waals surface area (Å²) in [6.45, 7) is 0. The summed E-state index contributed by atoms with van der Waals surface area (Å²) in [5, 5.41) is 4.98. The molecule has 5 rings (SSSR count). The zero-order valence-electron chi connectivity index (χ0n) is 10.8. The number of fused-ring (bicyclic) bond motifs is 7. The van der Waals surface area contributed by atoms with E-state index in [4.69, 9.17) is 4.99 Å². The number of nitrogens with zero attached hydrogens (tertiary/aromatic N) is 1. The van der Waals surface area contributed by atoms with Crippen LogP contribution < -0.4 is 10.6 Å². The van der Waals surface area contributed by atoms with Crippen molar-refractivity contribution in [3.63, 3.8) is 0 Å². The molecule has 92 valence electrons. The van der Waals surface area contributed by atoms with Gasteiger partial charge in [-0.3, -0.25) is 0 Å². The highest BCUT2D eigenvalue weighted by Crippen LogP contribution is 2.33. The van der Waals surface area contributed by atoms with Gasteiger partial charge in [0, 0.05) is 16.5 Å². The first kappa shape index (κ1) is 10.2. The van der Waals surface area contributed by atoms with Crippen molar-refractivity contribution in [2.75, 3.05) is 0 Å². The van der Waals surface area contributed by atoms with E-state index in [0.29, 0.717) is 0 Å². The molecule has 0 radical (unpaired) electrons. The summed E-state index contributed by atoms with van der Waals surface area (Å²) in [6.07, 6.45) is 6.46. The van der Waals surface area contributed by atoms with Crippen molar-refractivity contribution in [3.05, 3.63) is 70.7 Å². The fraction of sp³-hybridized carbons (Fsp3) is 0. The van der Waals surface area contributed by atoms with Crippen LogP contribution in [0.2, 0.25) is 0 Å². The van der Waals surface area contributed by atoms with Crippen LogP contribution in [0.1, 0.15) is 5.56 Å². The molecular weight excluding hydrogens is 242 g/mol. The van der Waals surface area contributed by atoms with Crippen molar-refractivity contribution in [3.8, 4) is 11.1 Å². The van der Waals surface area contributed by atoms with Gasteiger partial charge in [0.2, 0.25) is 0 Å². The highest BCUT2D eigenvalue weighted by atomic mass is 14.8. The summed E-state index contributed by atoms with van der Waals surface area (Å²) in [7, 11) is 0. The van der Waals surface area contributed by atoms with Gasteiger partial charge in [-0.15, -0.1) is 0 Å². The van der Waals surface area contributed by atoms with Crippen molar-refractivity contribution in [1.82, 2.24) is 0 Å². The van der Waals surface area contributed by atoms with Gasteiger partial charge in [-0.05, 0) is 22.2 Å². The second-order valence-corrected chi connectivity index (χ2v) is 5.28. The maximum atomic E-state index is 4.83. The topological polar surface area (TPSA) is 12.4 Å². The molecule has 0 saturated heterocycles. The zero-order valence-corrected chi connectivity index (χ0v) is 10.8. The van der Waals surface area contributed by atoms with E-state index < -0.39 is 0 Å². The molecule has 1 aliphatic carbocycles. The lowest BCUT2D eigenvalue weighted by Gasteiger charge is -2.03. The quantitative estimate of drug-likeness (QED) is 0.454. The van der Waals surface area contributed by atoms with E-state index in [1.165, 1.54) is 32.7 Å². The van der Waals surface area contributed by atoms with Gasteiger partial charge in [-0.25, -0.2) is 4.99 Å². The third kappa shape index (κ3) is 1.15. The molecule has 1 heteroatoms. The van der Waals surface area contributed by atoms with Crippen LogP contribution in [0.25, 0.3) is 34.1 Å². The second-order valence-electron chi connectivity index (χ2n) is 5.28. The Morgan fingerprint density at radius 3 is 2.65 bits per heavy atom. The first-order valence-corrected chi connectivity index (χ1v) is 6.84. The number of hydrogen-bond donors (Lipinski definition) is 0. The van der Waals surface area contributed by atoms with Crippen LogP contribution >= 0.6 is 0 Å². The van der Waals surface area contributed by atoms with Gasteiger partial charge < -0.3 is 0 Å². The molecule has 0 amide bonds. The molecule has 0 fully saturated rings. The van der Waals surface area contributed by atoms with Gasteiger partial charge in [0.25, 0.3) is 0 Å². The number of hydrogen-bond acceptors (Lipinski definition) is 1. The van der Waals surface area contributed by atoms with Crippen molar-refractivity contribution in [2.45, 2.75) is 0 Å². The Bertz CT molecular complexity index is 1040. The Kier molecular flexibility index (Phi) is 1.75. The molecule has 0 saturated carbocycles. The molecule has 2 aliphatic rings. The first-order valence-electron chi connectivity index (χ1n) is 6.84. The molecular formula is C19H11N. The fourth-order valence-electron chi connectivity index (χ4n) is 3.27. The van der Waals surface area contributed by atoms with Crippen LogP contribution in [0.4, 0.5) is 5.69 Å². The molecule has 1 nitrogen and oxygen atoms in total. The number of rotatable bonds is 0. The number of para-hydroxylation sites is 1. The lowest BCUT2D eigenvalue weighted by molar-refractivity contribution is 1.45. The normalized spacial score (nSPS) is 13.6. The average molecular weight is 253 g/mol. The van der Waals surface area contributed by atoms with Crippen molar-refractivity contribution >= 4 is 28.6 Å². The lowest BCUT2D eigenvalue weighted by atomic mass is 9.99. The Labute approximate surface area is 116 Å². The predicted molar refractivity (Wildman–Crippen MR) is 83.3 cm³/mol. The molecule has 0 atom stereocenters. The maximum absolute atomic E-state index is 4.83. The van der Waals surface area contributed by atoms with E-state index in [9.17, 15) is 0 Å². The molecule has 0 bridgehead atoms. The first-order chi connectivity index (χ1) is 9.92. The summed E-state index contributed by atoms with van der Waals surface area (Å²) < 4.78 is 0. The summed E-state index contributed by atoms with van der Waals surface area (Å²) in [5.41, 5.74) is 4.87. The van der Waals surface area contributed by atoms with Gasteiger partial charge in [0.15, 0.2) is 0 Å². The number of allylic oxidation sites excluding steroid dienone is 1. The lowest BCUT2D eigenvalue weighted by Crippen LogP contribution is -2.11. The fourth-order valence-corrected chi connectivity index (χ4v) is 3.27. The Balaban J connectivity index is 1.99. The third-order valence-electron chi connectivity index (χ3n) is 4.21. The van der Waals surface area contributed by atoms with Crippen LogP contribution in [0.5, 0.6) is 0 Å². The molecule has 3 aromatic carbocycles. The second kappa shape index (κ2) is 3.45. The zero-order chi connectivity index (χ0) is 13.1. The van der Waals surface area contributed by atoms with E-state index >= 15 is 0 Å². The molecule has 0 spiro atoms. The summed E-state index contributed by atoms with van der Waals surface area (Å²) in [5.74, 6) is 0. The minimum Gasteiger partial charge on any atom is -0.247 e. The smallest absolute Gasteiger partial charge is 0.0794 e. The van der Waals surface area contributed by atoms with E-state index in [2.05, 4.69) is 60.7 Å². The largest absolute Gasteiger partial charge is 0.247 e. The predicted octanol–water partition coefficient (Wildman–Crippen LogP) is 3.58. The molecule has 0 unspecified atom stereocenters. The molecule has 3 aromatic rings. The van der Waals surface area contributed by atoms with Crippen LogP contribution in [-0.2, 0) is 0 Å². The van der Waals surface area contributed by atoms with Gasteiger partial charge in [-0.1, -0.05) is 60.7 Å². The third-order valence-corrected chi connectivity index (χ3v) is 4.21. The summed E-state index contributed by atoms with van der Waals surface area (Å²) in [4.78, 5) is 4.83. The van der Waals surface area contributed by atoms with E-state index in [-0.39, 0.29) is 0 Å². The Morgan fingerprint density at radius 1 is 0.750 bits per heavy atom. The molecule has 0 N–H and O–H groups in total. The van der Waals surface area contributed by atoms with Gasteiger partial charge >= 0.3 is 0 Å². The minimum absolute atomic E-state index is 1.08.